The molecule has 0 heterocycles. The van der Waals surface area contributed by atoms with Gasteiger partial charge in [0.2, 0.25) is 5.91 Å². The lowest BCUT2D eigenvalue weighted by atomic mass is 9.99. The third-order valence-corrected chi connectivity index (χ3v) is 3.20. The van der Waals surface area contributed by atoms with Crippen molar-refractivity contribution < 1.29 is 18.7 Å². The van der Waals surface area contributed by atoms with Crippen molar-refractivity contribution in [3.63, 3.8) is 0 Å². The van der Waals surface area contributed by atoms with Crippen LogP contribution in [0.1, 0.15) is 30.6 Å². The number of carbonyl (C=O) groups is 2. The molecule has 6 heteroatoms. The van der Waals surface area contributed by atoms with E-state index in [1.807, 2.05) is 13.8 Å². The molecule has 0 aromatic heterocycles. The summed E-state index contributed by atoms with van der Waals surface area (Å²) in [6, 6.07) is 2.77. The first kappa shape index (κ1) is 16.1. The van der Waals surface area contributed by atoms with Crippen LogP contribution in [-0.4, -0.2) is 25.0 Å². The summed E-state index contributed by atoms with van der Waals surface area (Å²) in [6.45, 7) is 3.78. The zero-order valence-electron chi connectivity index (χ0n) is 11.8. The van der Waals surface area contributed by atoms with Crippen molar-refractivity contribution >= 4 is 17.6 Å². The number of nitrogens with one attached hydrogen (secondary N) is 1. The molecule has 0 saturated heterocycles. The van der Waals surface area contributed by atoms with E-state index < -0.39 is 23.7 Å². The van der Waals surface area contributed by atoms with E-state index in [1.165, 1.54) is 13.2 Å². The fraction of sp³-hybridized carbons (Fsp3) is 0.429. The lowest BCUT2D eigenvalue weighted by molar-refractivity contribution is -0.118. The van der Waals surface area contributed by atoms with Crippen molar-refractivity contribution in [3.8, 4) is 0 Å². The van der Waals surface area contributed by atoms with Crippen LogP contribution in [0, 0.1) is 11.7 Å². The highest BCUT2D eigenvalue weighted by atomic mass is 19.1. The first-order valence-electron chi connectivity index (χ1n) is 6.35. The van der Waals surface area contributed by atoms with E-state index in [1.54, 1.807) is 0 Å². The maximum atomic E-state index is 13.2. The fourth-order valence-corrected chi connectivity index (χ4v) is 1.63. The first-order valence-corrected chi connectivity index (χ1v) is 6.35. The minimum atomic E-state index is -0.725. The molecular weight excluding hydrogens is 263 g/mol. The maximum Gasteiger partial charge on any atom is 0.340 e. The molecule has 0 spiro atoms. The summed E-state index contributed by atoms with van der Waals surface area (Å²) >= 11 is 0. The average Bonchev–Trinajstić information content (AvgIpc) is 2.46. The number of methoxy groups -OCH3 is 1. The van der Waals surface area contributed by atoms with Gasteiger partial charge in [-0.05, 0) is 24.1 Å². The predicted molar refractivity (Wildman–Crippen MR) is 73.8 cm³/mol. The Morgan fingerprint density at radius 2 is 2.10 bits per heavy atom. The molecule has 0 aliphatic heterocycles. The number of rotatable bonds is 5. The summed E-state index contributed by atoms with van der Waals surface area (Å²) in [5.41, 5.74) is 5.94. The number of amides is 1. The number of esters is 1. The molecule has 3 N–H and O–H groups in total. The summed E-state index contributed by atoms with van der Waals surface area (Å²) in [5.74, 6) is -1.74. The molecule has 20 heavy (non-hydrogen) atoms. The minimum Gasteiger partial charge on any atom is -0.465 e. The highest BCUT2D eigenvalue weighted by Gasteiger charge is 2.22. The van der Waals surface area contributed by atoms with E-state index in [2.05, 4.69) is 10.1 Å². The fourth-order valence-electron chi connectivity index (χ4n) is 1.63. The summed E-state index contributed by atoms with van der Waals surface area (Å²) < 4.78 is 17.7. The smallest absolute Gasteiger partial charge is 0.340 e. The molecule has 1 aromatic carbocycles. The second-order valence-corrected chi connectivity index (χ2v) is 4.58. The van der Waals surface area contributed by atoms with Crippen molar-refractivity contribution in [1.29, 1.82) is 0 Å². The molecule has 0 radical (unpaired) electrons. The molecule has 5 nitrogen and oxygen atoms in total. The molecule has 0 fully saturated rings. The van der Waals surface area contributed by atoms with Gasteiger partial charge in [-0.1, -0.05) is 20.3 Å². The zero-order chi connectivity index (χ0) is 15.3. The molecule has 0 bridgehead atoms. The lowest BCUT2D eigenvalue weighted by Gasteiger charge is -2.18. The Hall–Kier alpha value is -1.95. The second kappa shape index (κ2) is 7.00. The van der Waals surface area contributed by atoms with Gasteiger partial charge in [-0.3, -0.25) is 4.79 Å². The van der Waals surface area contributed by atoms with Crippen LogP contribution in [0.25, 0.3) is 0 Å². The Morgan fingerprint density at radius 3 is 2.65 bits per heavy atom. The van der Waals surface area contributed by atoms with Crippen LogP contribution < -0.4 is 11.1 Å². The molecule has 0 aliphatic carbocycles. The van der Waals surface area contributed by atoms with Crippen LogP contribution in [0.4, 0.5) is 10.1 Å². The van der Waals surface area contributed by atoms with E-state index in [4.69, 9.17) is 5.73 Å². The van der Waals surface area contributed by atoms with Gasteiger partial charge < -0.3 is 15.8 Å². The van der Waals surface area contributed by atoms with Gasteiger partial charge in [-0.25, -0.2) is 9.18 Å². The van der Waals surface area contributed by atoms with E-state index in [-0.39, 0.29) is 17.2 Å². The molecule has 110 valence electrons. The monoisotopic (exact) mass is 282 g/mol. The van der Waals surface area contributed by atoms with Crippen molar-refractivity contribution in [2.24, 2.45) is 11.7 Å². The first-order chi connectivity index (χ1) is 9.40. The van der Waals surface area contributed by atoms with E-state index in [9.17, 15) is 14.0 Å². The van der Waals surface area contributed by atoms with Gasteiger partial charge in [0, 0.05) is 0 Å². The molecular formula is C14H19FN2O3. The second-order valence-electron chi connectivity index (χ2n) is 4.58. The normalized spacial score (nSPS) is 13.4. The number of halogens is 1. The maximum absolute atomic E-state index is 13.2. The third kappa shape index (κ3) is 3.77. The van der Waals surface area contributed by atoms with Crippen molar-refractivity contribution in [1.82, 2.24) is 0 Å². The Kier molecular flexibility index (Phi) is 5.64. The largest absolute Gasteiger partial charge is 0.465 e. The van der Waals surface area contributed by atoms with Gasteiger partial charge in [0.25, 0.3) is 0 Å². The van der Waals surface area contributed by atoms with E-state index in [0.717, 1.165) is 18.6 Å². The number of carbonyl (C=O) groups excluding carboxylic acids is 2. The number of anilines is 1. The van der Waals surface area contributed by atoms with Crippen LogP contribution in [0.5, 0.6) is 0 Å². The summed E-state index contributed by atoms with van der Waals surface area (Å²) in [7, 11) is 1.18. The Balaban J connectivity index is 2.97. The Morgan fingerprint density at radius 1 is 1.45 bits per heavy atom. The summed E-state index contributed by atoms with van der Waals surface area (Å²) in [5, 5.41) is 2.54. The Labute approximate surface area is 117 Å². The van der Waals surface area contributed by atoms with E-state index in [0.29, 0.717) is 0 Å². The van der Waals surface area contributed by atoms with Gasteiger partial charge in [0.05, 0.1) is 24.4 Å². The molecule has 2 unspecified atom stereocenters. The topological polar surface area (TPSA) is 81.4 Å². The van der Waals surface area contributed by atoms with Gasteiger partial charge >= 0.3 is 5.97 Å². The van der Waals surface area contributed by atoms with Crippen LogP contribution >= 0.6 is 0 Å². The Bertz CT molecular complexity index is 505. The predicted octanol–water partition coefficient (Wildman–Crippen LogP) is 1.92. The van der Waals surface area contributed by atoms with Gasteiger partial charge in [-0.2, -0.15) is 0 Å². The third-order valence-electron chi connectivity index (χ3n) is 3.20. The molecule has 1 aromatic rings. The van der Waals surface area contributed by atoms with Crippen LogP contribution in [0.2, 0.25) is 0 Å². The molecule has 1 amide bonds. The number of nitrogens with two attached hydrogens (primary N) is 1. The number of hydrogen-bond acceptors (Lipinski definition) is 4. The molecule has 0 saturated carbocycles. The molecule has 1 rings (SSSR count). The van der Waals surface area contributed by atoms with Crippen LogP contribution in [0.3, 0.4) is 0 Å². The lowest BCUT2D eigenvalue weighted by Crippen LogP contribution is -2.40. The summed E-state index contributed by atoms with van der Waals surface area (Å²) in [6.07, 6.45) is 0.752. The van der Waals surface area contributed by atoms with Crippen molar-refractivity contribution in [3.05, 3.63) is 29.6 Å². The van der Waals surface area contributed by atoms with Crippen LogP contribution in [0.15, 0.2) is 18.2 Å². The molecule has 2 atom stereocenters. The average molecular weight is 282 g/mol. The standard InChI is InChI=1S/C14H19FN2O3/c1-4-8(2)12(16)13(18)17-11-6-5-9(15)7-10(11)14(19)20-3/h5-8,12H,4,16H2,1-3H3,(H,17,18). The number of ether oxygens (including phenoxy) is 1. The van der Waals surface area contributed by atoms with Crippen LogP contribution in [-0.2, 0) is 9.53 Å². The van der Waals surface area contributed by atoms with Gasteiger partial charge in [0.1, 0.15) is 5.82 Å². The van der Waals surface area contributed by atoms with Crippen molar-refractivity contribution in [2.75, 3.05) is 12.4 Å². The zero-order valence-corrected chi connectivity index (χ0v) is 11.8. The van der Waals surface area contributed by atoms with Crippen molar-refractivity contribution in [2.45, 2.75) is 26.3 Å². The number of hydrogen-bond donors (Lipinski definition) is 2. The quantitative estimate of drug-likeness (QED) is 0.808. The highest BCUT2D eigenvalue weighted by Crippen LogP contribution is 2.19. The highest BCUT2D eigenvalue weighted by molar-refractivity contribution is 6.02. The number of benzene rings is 1. The SMILES string of the molecule is CCC(C)C(N)C(=O)Nc1ccc(F)cc1C(=O)OC. The summed E-state index contributed by atoms with van der Waals surface area (Å²) in [4.78, 5) is 23.5. The minimum absolute atomic E-state index is 0.00275. The van der Waals surface area contributed by atoms with Gasteiger partial charge in [-0.15, -0.1) is 0 Å². The molecule has 0 aliphatic rings. The van der Waals surface area contributed by atoms with E-state index >= 15 is 0 Å². The van der Waals surface area contributed by atoms with Gasteiger partial charge in [0.15, 0.2) is 0 Å².